The zero-order chi connectivity index (χ0) is 11.4. The minimum atomic E-state index is -0.940. The van der Waals surface area contributed by atoms with Crippen molar-refractivity contribution in [1.29, 1.82) is 0 Å². The van der Waals surface area contributed by atoms with Gasteiger partial charge in [-0.25, -0.2) is 4.39 Å². The van der Waals surface area contributed by atoms with Crippen molar-refractivity contribution in [1.82, 2.24) is 0 Å². The van der Waals surface area contributed by atoms with E-state index >= 15 is 0 Å². The van der Waals surface area contributed by atoms with Gasteiger partial charge in [0.2, 0.25) is 5.82 Å². The first-order chi connectivity index (χ1) is 7.04. The Hall–Kier alpha value is -1.16. The molecule has 1 atom stereocenters. The number of rotatable bonds is 4. The van der Waals surface area contributed by atoms with Crippen LogP contribution in [0.3, 0.4) is 0 Å². The van der Waals surface area contributed by atoms with Gasteiger partial charge in [-0.15, -0.1) is 0 Å². The van der Waals surface area contributed by atoms with E-state index in [0.29, 0.717) is 18.6 Å². The number of hydrogen-bond acceptors (Lipinski definition) is 2. The summed E-state index contributed by atoms with van der Waals surface area (Å²) in [4.78, 5) is 0. The Morgan fingerprint density at radius 2 is 2.07 bits per heavy atom. The lowest BCUT2D eigenvalue weighted by molar-refractivity contribution is 0.313. The molecule has 0 amide bonds. The molecule has 2 nitrogen and oxygen atoms in total. The SMILES string of the molecule is CCOc1cc(CC(C)N)cc(F)c1F. The van der Waals surface area contributed by atoms with Crippen LogP contribution in [-0.2, 0) is 6.42 Å². The molecule has 0 radical (unpaired) electrons. The molecule has 0 fully saturated rings. The lowest BCUT2D eigenvalue weighted by atomic mass is 10.1. The third-order valence-corrected chi connectivity index (χ3v) is 1.91. The average Bonchev–Trinajstić information content (AvgIpc) is 2.12. The Bertz CT molecular complexity index is 340. The first kappa shape index (κ1) is 11.9. The summed E-state index contributed by atoms with van der Waals surface area (Å²) in [5, 5.41) is 0. The van der Waals surface area contributed by atoms with Gasteiger partial charge in [0.1, 0.15) is 0 Å². The van der Waals surface area contributed by atoms with Crippen LogP contribution in [0.1, 0.15) is 19.4 Å². The molecule has 15 heavy (non-hydrogen) atoms. The zero-order valence-corrected chi connectivity index (χ0v) is 8.89. The highest BCUT2D eigenvalue weighted by atomic mass is 19.2. The standard InChI is InChI=1S/C11H15F2NO/c1-3-15-10-6-8(4-7(2)14)5-9(12)11(10)13/h5-7H,3-4,14H2,1-2H3. The normalized spacial score (nSPS) is 12.6. The topological polar surface area (TPSA) is 35.2 Å². The van der Waals surface area contributed by atoms with Crippen LogP contribution >= 0.6 is 0 Å². The molecular formula is C11H15F2NO. The molecule has 1 aromatic rings. The molecule has 0 aliphatic rings. The molecule has 0 spiro atoms. The molecule has 4 heteroatoms. The average molecular weight is 215 g/mol. The maximum Gasteiger partial charge on any atom is 0.200 e. The summed E-state index contributed by atoms with van der Waals surface area (Å²) >= 11 is 0. The van der Waals surface area contributed by atoms with Crippen LogP contribution in [0, 0.1) is 11.6 Å². The van der Waals surface area contributed by atoms with Crippen molar-refractivity contribution in [2.75, 3.05) is 6.61 Å². The van der Waals surface area contributed by atoms with Crippen LogP contribution in [-0.4, -0.2) is 12.6 Å². The van der Waals surface area contributed by atoms with Crippen LogP contribution in [0.2, 0.25) is 0 Å². The van der Waals surface area contributed by atoms with E-state index in [1.54, 1.807) is 6.92 Å². The van der Waals surface area contributed by atoms with Gasteiger partial charge in [0, 0.05) is 6.04 Å². The molecule has 0 heterocycles. The van der Waals surface area contributed by atoms with Crippen LogP contribution in [0.25, 0.3) is 0 Å². The summed E-state index contributed by atoms with van der Waals surface area (Å²) in [5.74, 6) is -1.88. The minimum absolute atomic E-state index is 0.0480. The summed E-state index contributed by atoms with van der Waals surface area (Å²) in [6, 6.07) is 2.55. The smallest absolute Gasteiger partial charge is 0.200 e. The van der Waals surface area contributed by atoms with Crippen molar-refractivity contribution in [3.8, 4) is 5.75 Å². The van der Waals surface area contributed by atoms with Gasteiger partial charge in [-0.3, -0.25) is 0 Å². The Morgan fingerprint density at radius 3 is 2.60 bits per heavy atom. The Kier molecular flexibility index (Phi) is 4.03. The van der Waals surface area contributed by atoms with Gasteiger partial charge in [-0.2, -0.15) is 4.39 Å². The van der Waals surface area contributed by atoms with Gasteiger partial charge in [0.15, 0.2) is 11.6 Å². The summed E-state index contributed by atoms with van der Waals surface area (Å²) in [7, 11) is 0. The first-order valence-electron chi connectivity index (χ1n) is 4.91. The van der Waals surface area contributed by atoms with Gasteiger partial charge in [-0.05, 0) is 38.0 Å². The zero-order valence-electron chi connectivity index (χ0n) is 8.89. The molecule has 2 N–H and O–H groups in total. The van der Waals surface area contributed by atoms with Crippen LogP contribution in [0.4, 0.5) is 8.78 Å². The lowest BCUT2D eigenvalue weighted by Crippen LogP contribution is -2.18. The molecule has 0 aliphatic heterocycles. The van der Waals surface area contributed by atoms with Gasteiger partial charge >= 0.3 is 0 Å². The maximum absolute atomic E-state index is 13.2. The van der Waals surface area contributed by atoms with Crippen molar-refractivity contribution >= 4 is 0 Å². The number of nitrogens with two attached hydrogens (primary N) is 1. The Balaban J connectivity index is 3.00. The van der Waals surface area contributed by atoms with Crippen LogP contribution in [0.5, 0.6) is 5.75 Å². The monoisotopic (exact) mass is 215 g/mol. The number of benzene rings is 1. The summed E-state index contributed by atoms with van der Waals surface area (Å²) < 4.78 is 31.3. The minimum Gasteiger partial charge on any atom is -0.491 e. The third-order valence-electron chi connectivity index (χ3n) is 1.91. The highest BCUT2D eigenvalue weighted by Gasteiger charge is 2.12. The Morgan fingerprint density at radius 1 is 1.40 bits per heavy atom. The molecule has 84 valence electrons. The predicted octanol–water partition coefficient (Wildman–Crippen LogP) is 2.25. The molecule has 0 saturated heterocycles. The van der Waals surface area contributed by atoms with E-state index in [1.807, 2.05) is 6.92 Å². The molecular weight excluding hydrogens is 200 g/mol. The van der Waals surface area contributed by atoms with Crippen LogP contribution < -0.4 is 10.5 Å². The van der Waals surface area contributed by atoms with E-state index in [9.17, 15) is 8.78 Å². The fraction of sp³-hybridized carbons (Fsp3) is 0.455. The fourth-order valence-corrected chi connectivity index (χ4v) is 1.37. The third kappa shape index (κ3) is 3.16. The second-order valence-electron chi connectivity index (χ2n) is 3.50. The highest BCUT2D eigenvalue weighted by Crippen LogP contribution is 2.22. The second kappa shape index (κ2) is 5.07. The molecule has 0 aliphatic carbocycles. The number of halogens is 2. The summed E-state index contributed by atoms with van der Waals surface area (Å²) in [6.07, 6.45) is 0.497. The van der Waals surface area contributed by atoms with E-state index < -0.39 is 11.6 Å². The van der Waals surface area contributed by atoms with Gasteiger partial charge in [-0.1, -0.05) is 0 Å². The van der Waals surface area contributed by atoms with E-state index in [2.05, 4.69) is 0 Å². The van der Waals surface area contributed by atoms with E-state index in [1.165, 1.54) is 6.07 Å². The van der Waals surface area contributed by atoms with Gasteiger partial charge < -0.3 is 10.5 Å². The summed E-state index contributed by atoms with van der Waals surface area (Å²) in [5.41, 5.74) is 6.23. The summed E-state index contributed by atoms with van der Waals surface area (Å²) in [6.45, 7) is 3.83. The fourth-order valence-electron chi connectivity index (χ4n) is 1.37. The lowest BCUT2D eigenvalue weighted by Gasteiger charge is -2.10. The van der Waals surface area contributed by atoms with Crippen molar-refractivity contribution in [2.45, 2.75) is 26.3 Å². The van der Waals surface area contributed by atoms with Crippen LogP contribution in [0.15, 0.2) is 12.1 Å². The largest absolute Gasteiger partial charge is 0.491 e. The second-order valence-corrected chi connectivity index (χ2v) is 3.50. The quantitative estimate of drug-likeness (QED) is 0.836. The molecule has 1 aromatic carbocycles. The number of hydrogen-bond donors (Lipinski definition) is 1. The molecule has 1 unspecified atom stereocenters. The van der Waals surface area contributed by atoms with E-state index in [0.717, 1.165) is 6.07 Å². The number of ether oxygens (including phenoxy) is 1. The van der Waals surface area contributed by atoms with Gasteiger partial charge in [0.25, 0.3) is 0 Å². The van der Waals surface area contributed by atoms with Crippen molar-refractivity contribution in [3.63, 3.8) is 0 Å². The molecule has 1 rings (SSSR count). The Labute approximate surface area is 88.0 Å². The van der Waals surface area contributed by atoms with Crippen molar-refractivity contribution in [3.05, 3.63) is 29.3 Å². The van der Waals surface area contributed by atoms with Crippen molar-refractivity contribution < 1.29 is 13.5 Å². The predicted molar refractivity (Wildman–Crippen MR) is 54.9 cm³/mol. The molecule has 0 bridgehead atoms. The van der Waals surface area contributed by atoms with E-state index in [-0.39, 0.29) is 11.8 Å². The highest BCUT2D eigenvalue weighted by molar-refractivity contribution is 5.32. The van der Waals surface area contributed by atoms with Crippen molar-refractivity contribution in [2.24, 2.45) is 5.73 Å². The van der Waals surface area contributed by atoms with E-state index in [4.69, 9.17) is 10.5 Å². The molecule has 0 aromatic heterocycles. The van der Waals surface area contributed by atoms with Gasteiger partial charge in [0.05, 0.1) is 6.61 Å². The molecule has 0 saturated carbocycles. The maximum atomic E-state index is 13.2. The first-order valence-corrected chi connectivity index (χ1v) is 4.91.